The molecule has 5 heteroatoms. The third-order valence-electron chi connectivity index (χ3n) is 4.27. The Labute approximate surface area is 101 Å². The molecule has 0 aromatic carbocycles. The summed E-state index contributed by atoms with van der Waals surface area (Å²) < 4.78 is 16.6. The van der Waals surface area contributed by atoms with Gasteiger partial charge in [0.25, 0.3) is 0 Å². The second kappa shape index (κ2) is 4.17. The van der Waals surface area contributed by atoms with E-state index < -0.39 is 11.4 Å². The van der Waals surface area contributed by atoms with E-state index in [0.717, 1.165) is 25.7 Å². The van der Waals surface area contributed by atoms with Crippen molar-refractivity contribution in [3.63, 3.8) is 0 Å². The van der Waals surface area contributed by atoms with Gasteiger partial charge < -0.3 is 14.2 Å². The quantitative estimate of drug-likeness (QED) is 0.706. The molecule has 0 unspecified atom stereocenters. The fourth-order valence-corrected chi connectivity index (χ4v) is 3.48. The van der Waals surface area contributed by atoms with Gasteiger partial charge in [0, 0.05) is 26.6 Å². The summed E-state index contributed by atoms with van der Waals surface area (Å²) in [6, 6.07) is 0. The van der Waals surface area contributed by atoms with Crippen LogP contribution in [0.5, 0.6) is 0 Å². The van der Waals surface area contributed by atoms with Crippen LogP contribution in [0.3, 0.4) is 0 Å². The summed E-state index contributed by atoms with van der Waals surface area (Å²) in [5, 5.41) is 0. The Hall–Kier alpha value is -0.200. The summed E-state index contributed by atoms with van der Waals surface area (Å²) in [6.45, 7) is 0.374. The molecule has 98 valence electrons. The van der Waals surface area contributed by atoms with E-state index in [1.165, 1.54) is 6.42 Å². The third-order valence-corrected chi connectivity index (χ3v) is 4.27. The molecular formula is C12H20O5. The molecule has 1 saturated carbocycles. The van der Waals surface area contributed by atoms with Gasteiger partial charge in [0.2, 0.25) is 5.79 Å². The second-order valence-corrected chi connectivity index (χ2v) is 5.30. The molecule has 0 amide bonds. The van der Waals surface area contributed by atoms with E-state index in [9.17, 15) is 0 Å². The lowest BCUT2D eigenvalue weighted by Crippen LogP contribution is -2.70. The van der Waals surface area contributed by atoms with Crippen LogP contribution in [0, 0.1) is 5.92 Å². The van der Waals surface area contributed by atoms with Gasteiger partial charge in [-0.05, 0) is 12.8 Å². The van der Waals surface area contributed by atoms with Gasteiger partial charge in [-0.25, -0.2) is 4.89 Å². The molecule has 0 N–H and O–H groups in total. The minimum Gasteiger partial charge on any atom is -0.379 e. The number of methoxy groups -OCH3 is 2. The van der Waals surface area contributed by atoms with Crippen molar-refractivity contribution in [3.05, 3.63) is 0 Å². The van der Waals surface area contributed by atoms with Crippen molar-refractivity contribution < 1.29 is 24.0 Å². The Morgan fingerprint density at radius 3 is 2.88 bits per heavy atom. The van der Waals surface area contributed by atoms with Crippen LogP contribution in [0.2, 0.25) is 0 Å². The minimum absolute atomic E-state index is 0.342. The highest BCUT2D eigenvalue weighted by Crippen LogP contribution is 2.54. The second-order valence-electron chi connectivity index (χ2n) is 5.30. The Kier molecular flexibility index (Phi) is 2.91. The smallest absolute Gasteiger partial charge is 0.227 e. The summed E-state index contributed by atoms with van der Waals surface area (Å²) in [6.07, 6.45) is 4.97. The maximum atomic E-state index is 5.93. The standard InChI is InChI=1S/C12H20O5/c1-13-8-11-7-9-5-3-4-6-12(9,17-16-11)10(14-2)15-11/h9-10H,3-8H2,1-2H3/t9-,10+,11+,12+/m1/s1. The number of ether oxygens (including phenoxy) is 3. The normalized spacial score (nSPS) is 49.1. The van der Waals surface area contributed by atoms with E-state index in [-0.39, 0.29) is 6.29 Å². The summed E-state index contributed by atoms with van der Waals surface area (Å²) in [5.74, 6) is -0.335. The van der Waals surface area contributed by atoms with Gasteiger partial charge in [0.15, 0.2) is 11.9 Å². The van der Waals surface area contributed by atoms with Crippen LogP contribution in [0.1, 0.15) is 32.1 Å². The summed E-state index contributed by atoms with van der Waals surface area (Å²) in [7, 11) is 3.30. The average molecular weight is 244 g/mol. The molecule has 1 spiro atoms. The van der Waals surface area contributed by atoms with Gasteiger partial charge in [-0.15, -0.1) is 0 Å². The lowest BCUT2D eigenvalue weighted by atomic mass is 9.69. The number of rotatable bonds is 3. The van der Waals surface area contributed by atoms with E-state index >= 15 is 0 Å². The molecule has 3 heterocycles. The van der Waals surface area contributed by atoms with Crippen LogP contribution in [-0.2, 0) is 24.0 Å². The van der Waals surface area contributed by atoms with E-state index in [1.807, 2.05) is 0 Å². The number of hydrogen-bond donors (Lipinski definition) is 0. The monoisotopic (exact) mass is 244 g/mol. The third kappa shape index (κ3) is 1.64. The molecule has 0 aromatic rings. The van der Waals surface area contributed by atoms with Crippen molar-refractivity contribution in [1.82, 2.24) is 0 Å². The van der Waals surface area contributed by atoms with E-state index in [2.05, 4.69) is 0 Å². The van der Waals surface area contributed by atoms with Crippen molar-refractivity contribution in [3.8, 4) is 0 Å². The Bertz CT molecular complexity index is 285. The molecular weight excluding hydrogens is 224 g/mol. The predicted octanol–water partition coefficient (Wildman–Crippen LogP) is 1.61. The topological polar surface area (TPSA) is 46.2 Å². The maximum absolute atomic E-state index is 5.93. The molecule has 0 aromatic heterocycles. The van der Waals surface area contributed by atoms with E-state index in [0.29, 0.717) is 12.5 Å². The van der Waals surface area contributed by atoms with Crippen LogP contribution in [-0.4, -0.2) is 38.5 Å². The van der Waals surface area contributed by atoms with Crippen molar-refractivity contribution >= 4 is 0 Å². The highest BCUT2D eigenvalue weighted by atomic mass is 17.3. The molecule has 4 atom stereocenters. The van der Waals surface area contributed by atoms with Crippen LogP contribution in [0.4, 0.5) is 0 Å². The molecule has 1 aliphatic carbocycles. The molecule has 0 radical (unpaired) electrons. The zero-order valence-corrected chi connectivity index (χ0v) is 10.4. The highest BCUT2D eigenvalue weighted by Gasteiger charge is 2.65. The van der Waals surface area contributed by atoms with Crippen LogP contribution < -0.4 is 0 Å². The fraction of sp³-hybridized carbons (Fsp3) is 1.00. The van der Waals surface area contributed by atoms with Gasteiger partial charge in [-0.1, -0.05) is 12.8 Å². The molecule has 17 heavy (non-hydrogen) atoms. The van der Waals surface area contributed by atoms with Crippen molar-refractivity contribution in [2.75, 3.05) is 20.8 Å². The SMILES string of the molecule is COC[C@]12C[C@H]3CCCC[C@@]3(OO1)[C@@H](OC)O2. The van der Waals surface area contributed by atoms with Crippen molar-refractivity contribution in [2.45, 2.75) is 49.8 Å². The lowest BCUT2D eigenvalue weighted by Gasteiger charge is -2.59. The first-order valence-electron chi connectivity index (χ1n) is 6.31. The van der Waals surface area contributed by atoms with Gasteiger partial charge in [0.1, 0.15) is 6.61 Å². The molecule has 4 rings (SSSR count). The van der Waals surface area contributed by atoms with Gasteiger partial charge in [0.05, 0.1) is 0 Å². The molecule has 3 aliphatic heterocycles. The molecule has 2 bridgehead atoms. The van der Waals surface area contributed by atoms with E-state index in [1.54, 1.807) is 14.2 Å². The van der Waals surface area contributed by atoms with Crippen molar-refractivity contribution in [1.29, 1.82) is 0 Å². The number of fused-ring (bicyclic) bond motifs is 2. The van der Waals surface area contributed by atoms with Crippen molar-refractivity contribution in [2.24, 2.45) is 5.92 Å². The fourth-order valence-electron chi connectivity index (χ4n) is 3.48. The summed E-state index contributed by atoms with van der Waals surface area (Å²) in [5.41, 5.74) is -0.400. The zero-order chi connectivity index (χ0) is 11.9. The minimum atomic E-state index is -0.779. The lowest BCUT2D eigenvalue weighted by molar-refractivity contribution is -0.594. The average Bonchev–Trinajstić information content (AvgIpc) is 2.37. The van der Waals surface area contributed by atoms with Gasteiger partial charge in [-0.3, -0.25) is 0 Å². The number of hydrogen-bond acceptors (Lipinski definition) is 5. The molecule has 4 fully saturated rings. The highest BCUT2D eigenvalue weighted by molar-refractivity contribution is 5.02. The van der Waals surface area contributed by atoms with Gasteiger partial charge in [-0.2, -0.15) is 4.89 Å². The first kappa shape index (κ1) is 11.9. The largest absolute Gasteiger partial charge is 0.379 e. The molecule has 3 saturated heterocycles. The summed E-state index contributed by atoms with van der Waals surface area (Å²) in [4.78, 5) is 11.2. The molecule has 5 nitrogen and oxygen atoms in total. The maximum Gasteiger partial charge on any atom is 0.227 e. The Balaban J connectivity index is 1.88. The zero-order valence-electron chi connectivity index (χ0n) is 10.4. The first-order valence-corrected chi connectivity index (χ1v) is 6.31. The van der Waals surface area contributed by atoms with Gasteiger partial charge >= 0.3 is 0 Å². The van der Waals surface area contributed by atoms with Crippen LogP contribution >= 0.6 is 0 Å². The summed E-state index contributed by atoms with van der Waals surface area (Å²) >= 11 is 0. The predicted molar refractivity (Wildman–Crippen MR) is 58.0 cm³/mol. The Morgan fingerprint density at radius 2 is 2.12 bits per heavy atom. The first-order chi connectivity index (χ1) is 8.25. The molecule has 4 aliphatic rings. The van der Waals surface area contributed by atoms with E-state index in [4.69, 9.17) is 24.0 Å². The van der Waals surface area contributed by atoms with Crippen LogP contribution in [0.15, 0.2) is 0 Å². The Morgan fingerprint density at radius 1 is 1.24 bits per heavy atom. The van der Waals surface area contributed by atoms with Crippen LogP contribution in [0.25, 0.3) is 0 Å².